The summed E-state index contributed by atoms with van der Waals surface area (Å²) in [6.07, 6.45) is 2.74. The Balaban J connectivity index is 1.78. The van der Waals surface area contributed by atoms with Crippen molar-refractivity contribution in [2.45, 2.75) is 33.1 Å². The van der Waals surface area contributed by atoms with E-state index in [1.165, 1.54) is 0 Å². The Morgan fingerprint density at radius 3 is 2.43 bits per heavy atom. The average Bonchev–Trinajstić information content (AvgIpc) is 2.50. The number of aromatic nitrogens is 2. The highest BCUT2D eigenvalue weighted by Gasteiger charge is 2.26. The predicted molar refractivity (Wildman–Crippen MR) is 92.6 cm³/mol. The number of carbonyl (C=O) groups is 1. The lowest BCUT2D eigenvalue weighted by atomic mass is 9.96. The van der Waals surface area contributed by atoms with Crippen LogP contribution < -0.4 is 10.2 Å². The molecule has 0 radical (unpaired) electrons. The van der Waals surface area contributed by atoms with Crippen LogP contribution in [0.5, 0.6) is 0 Å². The third-order valence-corrected chi connectivity index (χ3v) is 4.20. The van der Waals surface area contributed by atoms with Crippen molar-refractivity contribution in [3.63, 3.8) is 0 Å². The number of aryl methyl sites for hydroxylation is 2. The second kappa shape index (κ2) is 8.24. The summed E-state index contributed by atoms with van der Waals surface area (Å²) in [4.78, 5) is 25.6. The van der Waals surface area contributed by atoms with Gasteiger partial charge in [0.05, 0.1) is 0 Å². The van der Waals surface area contributed by atoms with Gasteiger partial charge in [0.1, 0.15) is 0 Å². The highest BCUT2D eigenvalue weighted by Crippen LogP contribution is 2.21. The summed E-state index contributed by atoms with van der Waals surface area (Å²) >= 11 is 0. The number of nitrogens with one attached hydrogen (secondary N) is 1. The van der Waals surface area contributed by atoms with Crippen LogP contribution in [0.3, 0.4) is 0 Å². The zero-order chi connectivity index (χ0) is 16.8. The van der Waals surface area contributed by atoms with Crippen molar-refractivity contribution in [2.24, 2.45) is 5.92 Å². The van der Waals surface area contributed by atoms with Crippen molar-refractivity contribution in [1.29, 1.82) is 0 Å². The minimum absolute atomic E-state index is 0.122. The molecular weight excluding hydrogens is 290 g/mol. The average molecular weight is 319 g/mol. The van der Waals surface area contributed by atoms with E-state index in [-0.39, 0.29) is 11.8 Å². The topological polar surface area (TPSA) is 61.4 Å². The largest absolute Gasteiger partial charge is 0.356 e. The van der Waals surface area contributed by atoms with Gasteiger partial charge < -0.3 is 15.1 Å². The van der Waals surface area contributed by atoms with E-state index >= 15 is 0 Å². The molecule has 1 aliphatic heterocycles. The quantitative estimate of drug-likeness (QED) is 0.803. The fourth-order valence-corrected chi connectivity index (χ4v) is 2.94. The minimum atomic E-state index is 0.122. The van der Waals surface area contributed by atoms with Crippen LogP contribution in [0.4, 0.5) is 5.95 Å². The smallest absolute Gasteiger partial charge is 0.225 e. The van der Waals surface area contributed by atoms with Gasteiger partial charge in [0, 0.05) is 36.9 Å². The number of piperidine rings is 1. The van der Waals surface area contributed by atoms with E-state index in [2.05, 4.69) is 25.1 Å². The zero-order valence-corrected chi connectivity index (χ0v) is 14.8. The molecule has 6 nitrogen and oxygen atoms in total. The van der Waals surface area contributed by atoms with Crippen molar-refractivity contribution in [3.05, 3.63) is 17.5 Å². The van der Waals surface area contributed by atoms with Crippen LogP contribution >= 0.6 is 0 Å². The Morgan fingerprint density at radius 1 is 1.26 bits per heavy atom. The normalized spacial score (nSPS) is 16.0. The first-order chi connectivity index (χ1) is 11.0. The van der Waals surface area contributed by atoms with Gasteiger partial charge in [-0.1, -0.05) is 0 Å². The molecule has 2 rings (SSSR count). The van der Waals surface area contributed by atoms with Crippen molar-refractivity contribution in [2.75, 3.05) is 45.2 Å². The van der Waals surface area contributed by atoms with Crippen LogP contribution in [0.15, 0.2) is 6.07 Å². The zero-order valence-electron chi connectivity index (χ0n) is 14.8. The molecule has 1 aromatic heterocycles. The van der Waals surface area contributed by atoms with Crippen LogP contribution in [0.2, 0.25) is 0 Å². The van der Waals surface area contributed by atoms with E-state index in [0.29, 0.717) is 0 Å². The fraction of sp³-hybridized carbons (Fsp3) is 0.706. The molecule has 0 aromatic carbocycles. The first kappa shape index (κ1) is 17.7. The van der Waals surface area contributed by atoms with Crippen molar-refractivity contribution >= 4 is 11.9 Å². The number of hydrogen-bond acceptors (Lipinski definition) is 5. The summed E-state index contributed by atoms with van der Waals surface area (Å²) in [5, 5.41) is 3.07. The lowest BCUT2D eigenvalue weighted by Gasteiger charge is -2.31. The maximum Gasteiger partial charge on any atom is 0.225 e. The molecule has 0 unspecified atom stereocenters. The van der Waals surface area contributed by atoms with E-state index in [4.69, 9.17) is 0 Å². The van der Waals surface area contributed by atoms with Crippen molar-refractivity contribution in [3.8, 4) is 0 Å². The van der Waals surface area contributed by atoms with E-state index < -0.39 is 0 Å². The maximum absolute atomic E-state index is 12.2. The molecule has 0 bridgehead atoms. The Morgan fingerprint density at radius 2 is 1.87 bits per heavy atom. The Labute approximate surface area is 139 Å². The first-order valence-electron chi connectivity index (χ1n) is 8.45. The molecule has 1 fully saturated rings. The van der Waals surface area contributed by atoms with E-state index in [1.54, 1.807) is 0 Å². The lowest BCUT2D eigenvalue weighted by molar-refractivity contribution is -0.125. The molecule has 1 saturated heterocycles. The van der Waals surface area contributed by atoms with Crippen LogP contribution in [-0.4, -0.2) is 61.0 Å². The summed E-state index contributed by atoms with van der Waals surface area (Å²) in [6, 6.07) is 1.98. The van der Waals surface area contributed by atoms with Gasteiger partial charge in [-0.05, 0) is 59.8 Å². The first-order valence-corrected chi connectivity index (χ1v) is 8.45. The number of nitrogens with zero attached hydrogens (tertiary/aromatic N) is 4. The summed E-state index contributed by atoms with van der Waals surface area (Å²) < 4.78 is 0. The van der Waals surface area contributed by atoms with Gasteiger partial charge in [0.25, 0.3) is 0 Å². The van der Waals surface area contributed by atoms with Crippen LogP contribution in [0.25, 0.3) is 0 Å². The standard InChI is InChI=1S/C17H29N5O/c1-13-12-14(2)20-17(19-13)22-10-6-15(7-11-22)16(23)18-8-5-9-21(3)4/h12,15H,5-11H2,1-4H3,(H,18,23). The maximum atomic E-state index is 12.2. The number of rotatable bonds is 6. The molecule has 0 saturated carbocycles. The van der Waals surface area contributed by atoms with Gasteiger partial charge in [-0.25, -0.2) is 9.97 Å². The molecule has 128 valence electrons. The second-order valence-electron chi connectivity index (χ2n) is 6.66. The summed E-state index contributed by atoms with van der Waals surface area (Å²) in [7, 11) is 4.10. The van der Waals surface area contributed by atoms with Gasteiger partial charge in [0.15, 0.2) is 0 Å². The monoisotopic (exact) mass is 319 g/mol. The van der Waals surface area contributed by atoms with Crippen molar-refractivity contribution in [1.82, 2.24) is 20.2 Å². The second-order valence-corrected chi connectivity index (χ2v) is 6.66. The number of hydrogen-bond donors (Lipinski definition) is 1. The highest BCUT2D eigenvalue weighted by molar-refractivity contribution is 5.78. The molecule has 1 amide bonds. The molecule has 1 aliphatic rings. The molecule has 1 aromatic rings. The van der Waals surface area contributed by atoms with Crippen LogP contribution in [-0.2, 0) is 4.79 Å². The fourth-order valence-electron chi connectivity index (χ4n) is 2.94. The molecule has 2 heterocycles. The third-order valence-electron chi connectivity index (χ3n) is 4.20. The third kappa shape index (κ3) is 5.46. The van der Waals surface area contributed by atoms with Crippen molar-refractivity contribution < 1.29 is 4.79 Å². The molecule has 23 heavy (non-hydrogen) atoms. The molecule has 0 spiro atoms. The molecule has 0 atom stereocenters. The predicted octanol–water partition coefficient (Wildman–Crippen LogP) is 1.38. The Bertz CT molecular complexity index is 503. The summed E-state index contributed by atoms with van der Waals surface area (Å²) in [5.74, 6) is 1.12. The number of anilines is 1. The van der Waals surface area contributed by atoms with Crippen LogP contribution in [0, 0.1) is 19.8 Å². The van der Waals surface area contributed by atoms with Gasteiger partial charge in [0.2, 0.25) is 11.9 Å². The molecular formula is C17H29N5O. The minimum Gasteiger partial charge on any atom is -0.356 e. The highest BCUT2D eigenvalue weighted by atomic mass is 16.1. The van der Waals surface area contributed by atoms with Gasteiger partial charge in [-0.15, -0.1) is 0 Å². The molecule has 6 heteroatoms. The van der Waals surface area contributed by atoms with Gasteiger partial charge in [-0.2, -0.15) is 0 Å². The van der Waals surface area contributed by atoms with E-state index in [1.807, 2.05) is 34.0 Å². The molecule has 1 N–H and O–H groups in total. The summed E-state index contributed by atoms with van der Waals surface area (Å²) in [6.45, 7) is 7.44. The Kier molecular flexibility index (Phi) is 6.33. The Hall–Kier alpha value is -1.69. The van der Waals surface area contributed by atoms with E-state index in [9.17, 15) is 4.79 Å². The SMILES string of the molecule is Cc1cc(C)nc(N2CCC(C(=O)NCCCN(C)C)CC2)n1. The molecule has 0 aliphatic carbocycles. The summed E-state index contributed by atoms with van der Waals surface area (Å²) in [5.41, 5.74) is 1.99. The lowest BCUT2D eigenvalue weighted by Crippen LogP contribution is -2.41. The van der Waals surface area contributed by atoms with Gasteiger partial charge >= 0.3 is 0 Å². The van der Waals surface area contributed by atoms with Gasteiger partial charge in [-0.3, -0.25) is 4.79 Å². The number of carbonyl (C=O) groups excluding carboxylic acids is 1. The number of amides is 1. The van der Waals surface area contributed by atoms with E-state index in [0.717, 1.165) is 62.8 Å². The van der Waals surface area contributed by atoms with Crippen LogP contribution in [0.1, 0.15) is 30.7 Å².